The van der Waals surface area contributed by atoms with Crippen molar-refractivity contribution in [3.8, 4) is 0 Å². The van der Waals surface area contributed by atoms with Crippen molar-refractivity contribution in [1.29, 1.82) is 0 Å². The van der Waals surface area contributed by atoms with Gasteiger partial charge in [-0.1, -0.05) is 0 Å². The molecule has 9 atom stereocenters. The zero-order chi connectivity index (χ0) is 16.4. The van der Waals surface area contributed by atoms with Crippen LogP contribution in [-0.2, 0) is 14.2 Å². The van der Waals surface area contributed by atoms with Gasteiger partial charge in [-0.15, -0.1) is 0 Å². The topological polar surface area (TPSA) is 169 Å². The third-order valence-corrected chi connectivity index (χ3v) is 3.82. The Labute approximate surface area is 126 Å². The first-order valence-electron chi connectivity index (χ1n) is 6.97. The molecule has 0 bridgehead atoms. The Morgan fingerprint density at radius 3 is 2.00 bits per heavy atom. The van der Waals surface area contributed by atoms with Gasteiger partial charge in [0.25, 0.3) is 0 Å². The molecule has 7 N–H and O–H groups in total. The molecule has 2 rings (SSSR count). The minimum Gasteiger partial charge on any atom is -0.394 e. The van der Waals surface area contributed by atoms with Gasteiger partial charge in [-0.3, -0.25) is 0 Å². The predicted octanol–water partition coefficient (Wildman–Crippen LogP) is -4.37. The van der Waals surface area contributed by atoms with E-state index in [-0.39, 0.29) is 6.42 Å². The molecule has 0 aromatic carbocycles. The predicted molar refractivity (Wildman–Crippen MR) is 67.2 cm³/mol. The van der Waals surface area contributed by atoms with Crippen LogP contribution in [0.5, 0.6) is 0 Å². The van der Waals surface area contributed by atoms with E-state index < -0.39 is 68.5 Å². The summed E-state index contributed by atoms with van der Waals surface area (Å²) in [6, 6.07) is 0. The average molecular weight is 326 g/mol. The van der Waals surface area contributed by atoms with E-state index in [4.69, 9.17) is 24.4 Å². The van der Waals surface area contributed by atoms with E-state index in [1.165, 1.54) is 0 Å². The van der Waals surface area contributed by atoms with Crippen LogP contribution in [0.4, 0.5) is 0 Å². The maximum absolute atomic E-state index is 9.84. The second-order valence-electron chi connectivity index (χ2n) is 5.44. The molecule has 2 aliphatic heterocycles. The lowest BCUT2D eigenvalue weighted by Crippen LogP contribution is -2.61. The fraction of sp³-hybridized carbons (Fsp3) is 1.00. The van der Waals surface area contributed by atoms with Crippen LogP contribution in [0.1, 0.15) is 6.42 Å². The van der Waals surface area contributed by atoms with Crippen LogP contribution in [0.2, 0.25) is 0 Å². The molecule has 0 aliphatic carbocycles. The molecule has 2 fully saturated rings. The van der Waals surface area contributed by atoms with Crippen molar-refractivity contribution in [3.63, 3.8) is 0 Å². The minimum absolute atomic E-state index is 0.00616. The highest BCUT2D eigenvalue weighted by molar-refractivity contribution is 4.90. The van der Waals surface area contributed by atoms with Gasteiger partial charge < -0.3 is 50.0 Å². The molecule has 10 heteroatoms. The molecule has 22 heavy (non-hydrogen) atoms. The van der Waals surface area contributed by atoms with E-state index in [9.17, 15) is 25.5 Å². The summed E-state index contributed by atoms with van der Waals surface area (Å²) < 4.78 is 15.6. The van der Waals surface area contributed by atoms with E-state index in [0.29, 0.717) is 0 Å². The highest BCUT2D eigenvalue weighted by Gasteiger charge is 2.47. The van der Waals surface area contributed by atoms with Gasteiger partial charge in [0, 0.05) is 6.42 Å². The third kappa shape index (κ3) is 3.57. The molecule has 0 unspecified atom stereocenters. The Morgan fingerprint density at radius 1 is 0.773 bits per heavy atom. The maximum Gasteiger partial charge on any atom is 0.189 e. The summed E-state index contributed by atoms with van der Waals surface area (Å²) in [7, 11) is 0. The van der Waals surface area contributed by atoms with Crippen LogP contribution < -0.4 is 0 Å². The molecule has 10 nitrogen and oxygen atoms in total. The fourth-order valence-corrected chi connectivity index (χ4v) is 2.46. The molecule has 0 saturated carbocycles. The third-order valence-electron chi connectivity index (χ3n) is 3.82. The lowest BCUT2D eigenvalue weighted by Gasteiger charge is -2.43. The molecular formula is C12H22O10. The lowest BCUT2D eigenvalue weighted by atomic mass is 9.99. The van der Waals surface area contributed by atoms with E-state index in [2.05, 4.69) is 0 Å². The number of aliphatic hydroxyl groups excluding tert-OH is 7. The van der Waals surface area contributed by atoms with E-state index in [1.54, 1.807) is 0 Å². The summed E-state index contributed by atoms with van der Waals surface area (Å²) in [5.74, 6) is 0. The van der Waals surface area contributed by atoms with Crippen molar-refractivity contribution >= 4 is 0 Å². The molecule has 2 heterocycles. The summed E-state index contributed by atoms with van der Waals surface area (Å²) in [6.45, 7) is -1.03. The number of ether oxygens (including phenoxy) is 3. The Morgan fingerprint density at radius 2 is 1.41 bits per heavy atom. The first kappa shape index (κ1) is 17.9. The van der Waals surface area contributed by atoms with Crippen molar-refractivity contribution in [2.24, 2.45) is 0 Å². The van der Waals surface area contributed by atoms with Crippen molar-refractivity contribution < 1.29 is 50.0 Å². The van der Waals surface area contributed by atoms with Crippen LogP contribution >= 0.6 is 0 Å². The van der Waals surface area contributed by atoms with E-state index in [1.807, 2.05) is 0 Å². The summed E-state index contributed by atoms with van der Waals surface area (Å²) >= 11 is 0. The standard InChI is InChI=1S/C12H22O10/c13-2-4-1-5(15)7(16)11(20-4)22-12-10(19)9(18)8(17)6(3-14)21-12/h4-19H,1-3H2/t4-,5-,6+,7+,8+,9-,10+,11+,12+/m0/s1. The van der Waals surface area contributed by atoms with Crippen LogP contribution in [0, 0.1) is 0 Å². The Balaban J connectivity index is 2.04. The van der Waals surface area contributed by atoms with Gasteiger partial charge in [0.05, 0.1) is 25.4 Å². The molecule has 0 aromatic heterocycles. The van der Waals surface area contributed by atoms with Gasteiger partial charge in [-0.05, 0) is 0 Å². The monoisotopic (exact) mass is 326 g/mol. The largest absolute Gasteiger partial charge is 0.394 e. The minimum atomic E-state index is -1.65. The lowest BCUT2D eigenvalue weighted by molar-refractivity contribution is -0.367. The Kier molecular flexibility index (Phi) is 6.07. The van der Waals surface area contributed by atoms with Crippen molar-refractivity contribution in [2.45, 2.75) is 61.7 Å². The van der Waals surface area contributed by atoms with Crippen molar-refractivity contribution in [3.05, 3.63) is 0 Å². The van der Waals surface area contributed by atoms with Gasteiger partial charge in [-0.2, -0.15) is 0 Å². The molecular weight excluding hydrogens is 304 g/mol. The quantitative estimate of drug-likeness (QED) is 0.268. The summed E-state index contributed by atoms with van der Waals surface area (Å²) in [4.78, 5) is 0. The second kappa shape index (κ2) is 7.45. The summed E-state index contributed by atoms with van der Waals surface area (Å²) in [5.41, 5.74) is 0. The Hall–Kier alpha value is -0.400. The molecule has 0 radical (unpaired) electrons. The highest BCUT2D eigenvalue weighted by atomic mass is 16.8. The average Bonchev–Trinajstić information content (AvgIpc) is 2.51. The zero-order valence-electron chi connectivity index (χ0n) is 11.7. The van der Waals surface area contributed by atoms with Gasteiger partial charge in [0.2, 0.25) is 0 Å². The number of hydrogen-bond acceptors (Lipinski definition) is 10. The van der Waals surface area contributed by atoms with E-state index >= 15 is 0 Å². The number of aliphatic hydroxyl groups is 7. The number of rotatable bonds is 4. The molecule has 0 aromatic rings. The zero-order valence-corrected chi connectivity index (χ0v) is 11.7. The van der Waals surface area contributed by atoms with Crippen LogP contribution in [-0.4, -0.2) is 104 Å². The van der Waals surface area contributed by atoms with Crippen molar-refractivity contribution in [1.82, 2.24) is 0 Å². The molecule has 0 amide bonds. The van der Waals surface area contributed by atoms with Crippen LogP contribution in [0.25, 0.3) is 0 Å². The fourth-order valence-electron chi connectivity index (χ4n) is 2.46. The first-order chi connectivity index (χ1) is 10.4. The highest BCUT2D eigenvalue weighted by Crippen LogP contribution is 2.27. The molecule has 2 saturated heterocycles. The van der Waals surface area contributed by atoms with Gasteiger partial charge in [0.1, 0.15) is 30.5 Å². The van der Waals surface area contributed by atoms with Gasteiger partial charge in [0.15, 0.2) is 12.6 Å². The molecule has 2 aliphatic rings. The van der Waals surface area contributed by atoms with E-state index in [0.717, 1.165) is 0 Å². The summed E-state index contributed by atoms with van der Waals surface area (Å²) in [6.07, 6.45) is -12.3. The van der Waals surface area contributed by atoms with Crippen LogP contribution in [0.3, 0.4) is 0 Å². The van der Waals surface area contributed by atoms with Crippen LogP contribution in [0.15, 0.2) is 0 Å². The normalized spacial score (nSPS) is 50.0. The van der Waals surface area contributed by atoms with Gasteiger partial charge >= 0.3 is 0 Å². The Bertz CT molecular complexity index is 353. The molecule has 130 valence electrons. The molecule has 0 spiro atoms. The van der Waals surface area contributed by atoms with Crippen molar-refractivity contribution in [2.75, 3.05) is 13.2 Å². The first-order valence-corrected chi connectivity index (χ1v) is 6.97. The smallest absolute Gasteiger partial charge is 0.189 e. The number of hydrogen-bond donors (Lipinski definition) is 7. The van der Waals surface area contributed by atoms with Gasteiger partial charge in [-0.25, -0.2) is 0 Å². The summed E-state index contributed by atoms with van der Waals surface area (Å²) in [5, 5.41) is 66.8. The second-order valence-corrected chi connectivity index (χ2v) is 5.44. The SMILES string of the molecule is OC[C@@H]1C[C@H](O)[C@@H](O)[C@@H](O[C@H]2O[C@H](CO)[C@@H](O)[C@H](O)[C@H]2O)O1. The maximum atomic E-state index is 9.84.